The Bertz CT molecular complexity index is 1530. The fourth-order valence-electron chi connectivity index (χ4n) is 4.06. The first-order chi connectivity index (χ1) is 15.0. The third-order valence-electron chi connectivity index (χ3n) is 5.58. The van der Waals surface area contributed by atoms with Gasteiger partial charge in [-0.15, -0.1) is 0 Å². The maximum Gasteiger partial charge on any atom is 0.333 e. The molecule has 0 saturated heterocycles. The summed E-state index contributed by atoms with van der Waals surface area (Å²) in [6.07, 6.45) is 7.63. The molecule has 9 nitrogen and oxygen atoms in total. The molecule has 1 aliphatic rings. The number of allylic oxidation sites excluding steroid dienone is 1. The number of pyridine rings is 1. The molecule has 0 unspecified atom stereocenters. The van der Waals surface area contributed by atoms with Crippen molar-refractivity contribution in [1.29, 1.82) is 5.26 Å². The number of benzene rings is 1. The number of hydrogen-bond donors (Lipinski definition) is 0. The maximum absolute atomic E-state index is 13.2. The number of ether oxygens (including phenoxy) is 1. The zero-order valence-corrected chi connectivity index (χ0v) is 17.3. The average Bonchev–Trinajstić information content (AvgIpc) is 3.34. The Morgan fingerprint density at radius 3 is 2.77 bits per heavy atom. The van der Waals surface area contributed by atoms with Crippen molar-refractivity contribution in [3.63, 3.8) is 0 Å². The Hall–Kier alpha value is -4.19. The van der Waals surface area contributed by atoms with Crippen LogP contribution in [0.4, 0.5) is 0 Å². The molecule has 4 aromatic rings. The fourth-order valence-corrected chi connectivity index (χ4v) is 4.06. The van der Waals surface area contributed by atoms with Crippen molar-refractivity contribution in [2.75, 3.05) is 13.7 Å². The van der Waals surface area contributed by atoms with E-state index in [1.54, 1.807) is 46.4 Å². The molecule has 0 N–H and O–H groups in total. The molecular weight excluding hydrogens is 394 g/mol. The average molecular weight is 413 g/mol. The van der Waals surface area contributed by atoms with Gasteiger partial charge in [0, 0.05) is 61.5 Å². The number of methoxy groups -OCH3 is 1. The standard InChI is InChI=1S/C22H19N7O2/c1-27-12-13(10-26-27)16-7-17-18(8-20(16)31-3)25-11-19-21(17)29(22(30)28(19)2)15-4-5-24-14(6-15)9-23/h6-8,10-12H,4-5H2,1-3H3. The van der Waals surface area contributed by atoms with Crippen LogP contribution in [0.3, 0.4) is 0 Å². The predicted molar refractivity (Wildman–Crippen MR) is 118 cm³/mol. The van der Waals surface area contributed by atoms with Gasteiger partial charge in [-0.1, -0.05) is 0 Å². The number of fused-ring (bicyclic) bond motifs is 3. The Kier molecular flexibility index (Phi) is 4.22. The molecule has 0 fully saturated rings. The largest absolute Gasteiger partial charge is 0.496 e. The summed E-state index contributed by atoms with van der Waals surface area (Å²) in [5.74, 6) is 0.674. The molecule has 0 bridgehead atoms. The van der Waals surface area contributed by atoms with Gasteiger partial charge in [-0.2, -0.15) is 10.4 Å². The van der Waals surface area contributed by atoms with Crippen LogP contribution in [0.15, 0.2) is 46.6 Å². The molecule has 1 aliphatic heterocycles. The van der Waals surface area contributed by atoms with Crippen LogP contribution in [0.5, 0.6) is 5.75 Å². The number of aryl methyl sites for hydroxylation is 2. The maximum atomic E-state index is 13.2. The van der Waals surface area contributed by atoms with Gasteiger partial charge < -0.3 is 4.74 Å². The minimum Gasteiger partial charge on any atom is -0.496 e. The van der Waals surface area contributed by atoms with Crippen molar-refractivity contribution < 1.29 is 4.74 Å². The SMILES string of the molecule is COc1cc2ncc3c(c2cc1-c1cnn(C)c1)n(C1=CC(C#N)=NCC1)c(=O)n3C. The van der Waals surface area contributed by atoms with Gasteiger partial charge in [0.25, 0.3) is 0 Å². The molecule has 0 saturated carbocycles. The lowest BCUT2D eigenvalue weighted by molar-refractivity contribution is 0.417. The van der Waals surface area contributed by atoms with Crippen molar-refractivity contribution in [2.45, 2.75) is 6.42 Å². The minimum absolute atomic E-state index is 0.187. The first-order valence-electron chi connectivity index (χ1n) is 9.74. The molecule has 0 radical (unpaired) electrons. The van der Waals surface area contributed by atoms with E-state index in [0.717, 1.165) is 27.7 Å². The lowest BCUT2D eigenvalue weighted by atomic mass is 10.0. The smallest absolute Gasteiger partial charge is 0.333 e. The van der Waals surface area contributed by atoms with Gasteiger partial charge in [0.1, 0.15) is 17.5 Å². The second-order valence-corrected chi connectivity index (χ2v) is 7.41. The first kappa shape index (κ1) is 18.8. The number of dihydropyridines is 1. The minimum atomic E-state index is -0.187. The van der Waals surface area contributed by atoms with Crippen molar-refractivity contribution in [3.05, 3.63) is 47.3 Å². The van der Waals surface area contributed by atoms with E-state index in [2.05, 4.69) is 21.1 Å². The van der Waals surface area contributed by atoms with Gasteiger partial charge in [0.2, 0.25) is 0 Å². The third-order valence-corrected chi connectivity index (χ3v) is 5.58. The summed E-state index contributed by atoms with van der Waals surface area (Å²) in [5, 5.41) is 14.4. The molecule has 0 spiro atoms. The van der Waals surface area contributed by atoms with Gasteiger partial charge in [-0.05, 0) is 12.1 Å². The molecule has 4 heterocycles. The van der Waals surface area contributed by atoms with Crippen LogP contribution in [-0.4, -0.2) is 43.3 Å². The van der Waals surface area contributed by atoms with E-state index >= 15 is 0 Å². The molecule has 154 valence electrons. The van der Waals surface area contributed by atoms with Gasteiger partial charge >= 0.3 is 5.69 Å². The van der Waals surface area contributed by atoms with E-state index in [0.29, 0.717) is 35.5 Å². The van der Waals surface area contributed by atoms with Crippen molar-refractivity contribution in [1.82, 2.24) is 23.9 Å². The summed E-state index contributed by atoms with van der Waals surface area (Å²) < 4.78 is 10.6. The van der Waals surface area contributed by atoms with Crippen LogP contribution in [0.1, 0.15) is 6.42 Å². The van der Waals surface area contributed by atoms with Crippen molar-refractivity contribution in [2.24, 2.45) is 19.1 Å². The number of rotatable bonds is 3. The predicted octanol–water partition coefficient (Wildman–Crippen LogP) is 2.51. The molecule has 0 atom stereocenters. The Labute approximate surface area is 177 Å². The van der Waals surface area contributed by atoms with E-state index in [9.17, 15) is 10.1 Å². The molecule has 5 rings (SSSR count). The highest BCUT2D eigenvalue weighted by Crippen LogP contribution is 2.36. The topological polar surface area (TPSA) is 103 Å². The Balaban J connectivity index is 1.89. The van der Waals surface area contributed by atoms with Crippen LogP contribution >= 0.6 is 0 Å². The number of nitrogens with zero attached hydrogens (tertiary/aromatic N) is 7. The molecule has 31 heavy (non-hydrogen) atoms. The lowest BCUT2D eigenvalue weighted by Gasteiger charge is -2.14. The quantitative estimate of drug-likeness (QED) is 0.513. The number of hydrogen-bond acceptors (Lipinski definition) is 6. The third kappa shape index (κ3) is 2.84. The Morgan fingerprint density at radius 2 is 2.06 bits per heavy atom. The number of nitriles is 1. The highest BCUT2D eigenvalue weighted by molar-refractivity contribution is 6.12. The van der Waals surface area contributed by atoms with Crippen LogP contribution in [0, 0.1) is 11.3 Å². The highest BCUT2D eigenvalue weighted by atomic mass is 16.5. The van der Waals surface area contributed by atoms with E-state index < -0.39 is 0 Å². The molecule has 9 heteroatoms. The molecule has 0 aliphatic carbocycles. The van der Waals surface area contributed by atoms with Crippen LogP contribution in [-0.2, 0) is 14.1 Å². The highest BCUT2D eigenvalue weighted by Gasteiger charge is 2.21. The zero-order valence-electron chi connectivity index (χ0n) is 17.3. The van der Waals surface area contributed by atoms with E-state index in [-0.39, 0.29) is 5.69 Å². The summed E-state index contributed by atoms with van der Waals surface area (Å²) in [5.41, 5.74) is 4.80. The Morgan fingerprint density at radius 1 is 1.23 bits per heavy atom. The van der Waals surface area contributed by atoms with E-state index in [1.165, 1.54) is 0 Å². The second kappa shape index (κ2) is 6.95. The summed E-state index contributed by atoms with van der Waals surface area (Å²) in [4.78, 5) is 22.0. The van der Waals surface area contributed by atoms with Crippen LogP contribution in [0.25, 0.3) is 38.8 Å². The summed E-state index contributed by atoms with van der Waals surface area (Å²) in [7, 11) is 5.20. The first-order valence-corrected chi connectivity index (χ1v) is 9.74. The molecule has 0 amide bonds. The van der Waals surface area contributed by atoms with E-state index in [1.807, 2.05) is 25.4 Å². The number of aromatic nitrogens is 5. The fraction of sp³-hybridized carbons (Fsp3) is 0.227. The van der Waals surface area contributed by atoms with Crippen LogP contribution < -0.4 is 10.4 Å². The van der Waals surface area contributed by atoms with Gasteiger partial charge in [0.15, 0.2) is 0 Å². The summed E-state index contributed by atoms with van der Waals surface area (Å²) >= 11 is 0. The number of aliphatic imine (C=N–C) groups is 1. The van der Waals surface area contributed by atoms with Gasteiger partial charge in [0.05, 0.1) is 36.1 Å². The summed E-state index contributed by atoms with van der Waals surface area (Å²) in [6.45, 7) is 0.468. The van der Waals surface area contributed by atoms with Gasteiger partial charge in [-0.3, -0.25) is 23.8 Å². The van der Waals surface area contributed by atoms with Crippen molar-refractivity contribution in [3.8, 4) is 22.9 Å². The molecular formula is C22H19N7O2. The lowest BCUT2D eigenvalue weighted by Crippen LogP contribution is -2.23. The molecule has 1 aromatic carbocycles. The van der Waals surface area contributed by atoms with Gasteiger partial charge in [-0.25, -0.2) is 4.79 Å². The van der Waals surface area contributed by atoms with E-state index in [4.69, 9.17) is 4.74 Å². The van der Waals surface area contributed by atoms with Crippen molar-refractivity contribution >= 4 is 33.3 Å². The molecule has 3 aromatic heterocycles. The zero-order chi connectivity index (χ0) is 21.7. The normalized spacial score (nSPS) is 13.9. The number of imidazole rings is 1. The summed E-state index contributed by atoms with van der Waals surface area (Å²) in [6, 6.07) is 5.93. The van der Waals surface area contributed by atoms with Crippen LogP contribution in [0.2, 0.25) is 0 Å². The monoisotopic (exact) mass is 413 g/mol. The second-order valence-electron chi connectivity index (χ2n) is 7.41.